The molecule has 1 aliphatic heterocycles. The number of benzene rings is 8. The van der Waals surface area contributed by atoms with Gasteiger partial charge in [0.05, 0.1) is 5.69 Å². The average Bonchev–Trinajstić information content (AvgIpc) is 3.67. The second-order valence-electron chi connectivity index (χ2n) is 14.1. The van der Waals surface area contributed by atoms with Gasteiger partial charge < -0.3 is 4.90 Å². The van der Waals surface area contributed by atoms with Gasteiger partial charge in [-0.05, 0) is 91.4 Å². The molecular weight excluding hydrogens is 651 g/mol. The molecule has 242 valence electrons. The van der Waals surface area contributed by atoms with E-state index in [0.717, 1.165) is 5.69 Å². The Labute approximate surface area is 303 Å². The molecule has 0 radical (unpaired) electrons. The molecule has 0 saturated heterocycles. The predicted molar refractivity (Wildman–Crippen MR) is 225 cm³/mol. The van der Waals surface area contributed by atoms with E-state index in [2.05, 4.69) is 194 Å². The Morgan fingerprint density at radius 2 is 1.12 bits per heavy atom. The zero-order valence-corrected chi connectivity index (χ0v) is 30.4. The zero-order chi connectivity index (χ0) is 34.1. The maximum Gasteiger partial charge on any atom is 0.113 e. The van der Waals surface area contributed by atoms with Gasteiger partial charge in [-0.2, -0.15) is 0 Å². The molecule has 0 unspecified atom stereocenters. The molecule has 0 bridgehead atoms. The van der Waals surface area contributed by atoms with Crippen LogP contribution in [0.4, 0.5) is 17.1 Å². The van der Waals surface area contributed by atoms with Crippen LogP contribution in [0.3, 0.4) is 0 Å². The Hall–Kier alpha value is -5.74. The summed E-state index contributed by atoms with van der Waals surface area (Å²) < 4.78 is 2.74. The van der Waals surface area contributed by atoms with Crippen LogP contribution in [-0.2, 0) is 0 Å². The first-order valence-electron chi connectivity index (χ1n) is 17.7. The van der Waals surface area contributed by atoms with Crippen molar-refractivity contribution in [2.24, 2.45) is 0 Å². The fourth-order valence-corrected chi connectivity index (χ4v) is 12.6. The van der Waals surface area contributed by atoms with E-state index in [1.54, 1.807) is 5.19 Å². The summed E-state index contributed by atoms with van der Waals surface area (Å²) in [6.45, 7) is 5.07. The maximum atomic E-state index is 2.53. The normalized spacial score (nSPS) is 13.1. The fourth-order valence-electron chi connectivity index (χ4n) is 8.39. The highest BCUT2D eigenvalue weighted by Crippen LogP contribution is 2.46. The Morgan fingerprint density at radius 1 is 0.451 bits per heavy atom. The first kappa shape index (κ1) is 30.1. The summed E-state index contributed by atoms with van der Waals surface area (Å²) in [5.74, 6) is 0. The second kappa shape index (κ2) is 11.7. The zero-order valence-electron chi connectivity index (χ0n) is 28.6. The third-order valence-corrected chi connectivity index (χ3v) is 15.5. The van der Waals surface area contributed by atoms with Crippen molar-refractivity contribution in [1.29, 1.82) is 0 Å². The van der Waals surface area contributed by atoms with Crippen molar-refractivity contribution in [3.8, 4) is 33.4 Å². The first-order chi connectivity index (χ1) is 25.1. The van der Waals surface area contributed by atoms with Crippen LogP contribution in [-0.4, -0.2) is 8.07 Å². The van der Waals surface area contributed by atoms with Gasteiger partial charge in [-0.3, -0.25) is 0 Å². The molecule has 0 N–H and O–H groups in total. The first-order valence-corrected chi connectivity index (χ1v) is 21.5. The lowest BCUT2D eigenvalue weighted by Gasteiger charge is -2.30. The standard InChI is InChI=1S/C48H35NSSi/c1-51(2)45-30-29-44-47(40-19-9-11-22-43(40)50-44)48(45)41-28-27-36(31-46(41)51)49(35-25-23-33(24-26-35)32-13-4-3-5-14-32)42-21-10-8-18-39(42)38-20-12-16-34-15-6-7-17-37(34)38/h3-31H,1-2H3. The van der Waals surface area contributed by atoms with E-state index in [9.17, 15) is 0 Å². The molecule has 3 heteroatoms. The van der Waals surface area contributed by atoms with Crippen molar-refractivity contribution in [3.63, 3.8) is 0 Å². The molecule has 2 heterocycles. The largest absolute Gasteiger partial charge is 0.310 e. The number of rotatable bonds is 5. The topological polar surface area (TPSA) is 3.24 Å². The number of hydrogen-bond acceptors (Lipinski definition) is 2. The lowest BCUT2D eigenvalue weighted by molar-refractivity contribution is 1.29. The summed E-state index contributed by atoms with van der Waals surface area (Å²) in [6.07, 6.45) is 0. The van der Waals surface area contributed by atoms with Crippen molar-refractivity contribution < 1.29 is 0 Å². The van der Waals surface area contributed by atoms with Crippen LogP contribution in [0.1, 0.15) is 0 Å². The maximum absolute atomic E-state index is 2.53. The molecule has 10 rings (SSSR count). The van der Waals surface area contributed by atoms with Gasteiger partial charge in [0.25, 0.3) is 0 Å². The molecule has 1 aliphatic rings. The van der Waals surface area contributed by atoms with Crippen molar-refractivity contribution in [2.45, 2.75) is 13.1 Å². The molecule has 1 aromatic heterocycles. The quantitative estimate of drug-likeness (QED) is 0.163. The number of thiophene rings is 1. The molecular formula is C48H35NSSi. The van der Waals surface area contributed by atoms with E-state index in [1.165, 1.54) is 80.9 Å². The van der Waals surface area contributed by atoms with Crippen LogP contribution in [0.2, 0.25) is 13.1 Å². The van der Waals surface area contributed by atoms with Gasteiger partial charge >= 0.3 is 0 Å². The number of fused-ring (bicyclic) bond motifs is 8. The van der Waals surface area contributed by atoms with Crippen LogP contribution < -0.4 is 15.3 Å². The van der Waals surface area contributed by atoms with Crippen molar-refractivity contribution in [3.05, 3.63) is 176 Å². The van der Waals surface area contributed by atoms with Gasteiger partial charge in [0.15, 0.2) is 0 Å². The van der Waals surface area contributed by atoms with Crippen molar-refractivity contribution in [2.75, 3.05) is 4.90 Å². The molecule has 0 amide bonds. The Kier molecular flexibility index (Phi) is 6.89. The number of nitrogens with zero attached hydrogens (tertiary/aromatic N) is 1. The van der Waals surface area contributed by atoms with Crippen LogP contribution >= 0.6 is 11.3 Å². The van der Waals surface area contributed by atoms with Crippen LogP contribution in [0, 0.1) is 0 Å². The van der Waals surface area contributed by atoms with E-state index in [1.807, 2.05) is 11.3 Å². The molecule has 0 spiro atoms. The Bertz CT molecular complexity index is 2770. The van der Waals surface area contributed by atoms with E-state index in [4.69, 9.17) is 0 Å². The minimum Gasteiger partial charge on any atom is -0.310 e. The highest BCUT2D eigenvalue weighted by atomic mass is 32.1. The van der Waals surface area contributed by atoms with E-state index in [0.29, 0.717) is 0 Å². The predicted octanol–water partition coefficient (Wildman–Crippen LogP) is 12.8. The lowest BCUT2D eigenvalue weighted by Crippen LogP contribution is -2.49. The van der Waals surface area contributed by atoms with E-state index >= 15 is 0 Å². The van der Waals surface area contributed by atoms with Gasteiger partial charge in [0, 0.05) is 37.1 Å². The Balaban J connectivity index is 1.20. The lowest BCUT2D eigenvalue weighted by atomic mass is 9.95. The number of hydrogen-bond donors (Lipinski definition) is 0. The summed E-state index contributed by atoms with van der Waals surface area (Å²) in [6, 6.07) is 65.1. The molecule has 0 aliphatic carbocycles. The number of para-hydroxylation sites is 1. The summed E-state index contributed by atoms with van der Waals surface area (Å²) >= 11 is 1.91. The summed E-state index contributed by atoms with van der Waals surface area (Å²) in [7, 11) is -2.03. The fraction of sp³-hybridized carbons (Fsp3) is 0.0417. The third kappa shape index (κ3) is 4.73. The van der Waals surface area contributed by atoms with E-state index in [-0.39, 0.29) is 0 Å². The highest BCUT2D eigenvalue weighted by molar-refractivity contribution is 7.26. The Morgan fingerprint density at radius 3 is 1.98 bits per heavy atom. The molecule has 8 aromatic carbocycles. The summed E-state index contributed by atoms with van der Waals surface area (Å²) in [4.78, 5) is 2.48. The molecule has 51 heavy (non-hydrogen) atoms. The van der Waals surface area contributed by atoms with Gasteiger partial charge in [0.1, 0.15) is 8.07 Å². The van der Waals surface area contributed by atoms with Crippen LogP contribution in [0.5, 0.6) is 0 Å². The monoisotopic (exact) mass is 685 g/mol. The smallest absolute Gasteiger partial charge is 0.113 e. The molecule has 1 nitrogen and oxygen atoms in total. The molecule has 0 fully saturated rings. The highest BCUT2D eigenvalue weighted by Gasteiger charge is 2.39. The second-order valence-corrected chi connectivity index (χ2v) is 19.5. The third-order valence-electron chi connectivity index (χ3n) is 10.9. The summed E-state index contributed by atoms with van der Waals surface area (Å²) in [5, 5.41) is 8.36. The number of anilines is 3. The van der Waals surface area contributed by atoms with E-state index < -0.39 is 8.07 Å². The molecule has 9 aromatic rings. The molecule has 0 saturated carbocycles. The van der Waals surface area contributed by atoms with Gasteiger partial charge in [-0.1, -0.05) is 147 Å². The minimum atomic E-state index is -2.03. The van der Waals surface area contributed by atoms with Crippen LogP contribution in [0.15, 0.2) is 176 Å². The minimum absolute atomic E-state index is 1.14. The van der Waals surface area contributed by atoms with Gasteiger partial charge in [-0.15, -0.1) is 11.3 Å². The summed E-state index contributed by atoms with van der Waals surface area (Å²) in [5.41, 5.74) is 11.3. The van der Waals surface area contributed by atoms with Gasteiger partial charge in [0.2, 0.25) is 0 Å². The van der Waals surface area contributed by atoms with Gasteiger partial charge in [-0.25, -0.2) is 0 Å². The average molecular weight is 686 g/mol. The SMILES string of the molecule is C[Si]1(C)c2cc(N(c3ccc(-c4ccccc4)cc3)c3ccccc3-c3cccc4ccccc34)ccc2-c2c1ccc1sc3ccccc3c21. The van der Waals surface area contributed by atoms with Crippen molar-refractivity contribution >= 4 is 77.8 Å². The van der Waals surface area contributed by atoms with Crippen LogP contribution in [0.25, 0.3) is 64.3 Å². The van der Waals surface area contributed by atoms with Crippen molar-refractivity contribution in [1.82, 2.24) is 0 Å². The molecule has 0 atom stereocenters.